The normalized spacial score (nSPS) is 20.8. The molecule has 0 aromatic carbocycles. The lowest BCUT2D eigenvalue weighted by Crippen LogP contribution is -2.57. The van der Waals surface area contributed by atoms with Crippen molar-refractivity contribution in [3.63, 3.8) is 0 Å². The first-order valence-electron chi connectivity index (χ1n) is 10.5. The fourth-order valence-electron chi connectivity index (χ4n) is 4.45. The molecule has 0 amide bonds. The number of hydrogen-bond acceptors (Lipinski definition) is 5. The Morgan fingerprint density at radius 3 is 2.56 bits per heavy atom. The predicted molar refractivity (Wildman–Crippen MR) is 114 cm³/mol. The number of thioether (sulfide) groups is 1. The lowest BCUT2D eigenvalue weighted by Gasteiger charge is -2.43. The lowest BCUT2D eigenvalue weighted by atomic mass is 9.94. The summed E-state index contributed by atoms with van der Waals surface area (Å²) in [5.41, 5.74) is 2.54. The second kappa shape index (κ2) is 9.82. The number of aliphatic imine (C=N–C) groups is 1. The van der Waals surface area contributed by atoms with Gasteiger partial charge in [-0.15, -0.1) is 0 Å². The van der Waals surface area contributed by atoms with Crippen LogP contribution in [0.4, 0.5) is 0 Å². The zero-order chi connectivity index (χ0) is 19.1. The van der Waals surface area contributed by atoms with E-state index >= 15 is 0 Å². The minimum atomic E-state index is 0.305. The van der Waals surface area contributed by atoms with Crippen LogP contribution in [-0.4, -0.2) is 59.7 Å². The van der Waals surface area contributed by atoms with Crippen molar-refractivity contribution < 1.29 is 4.52 Å². The molecule has 1 aromatic rings. The molecule has 7 heteroatoms. The molecule has 152 valence electrons. The second-order valence-electron chi connectivity index (χ2n) is 7.55. The van der Waals surface area contributed by atoms with Crippen LogP contribution in [0.3, 0.4) is 0 Å². The highest BCUT2D eigenvalue weighted by molar-refractivity contribution is 7.99. The molecule has 6 nitrogen and oxygen atoms in total. The average molecular weight is 394 g/mol. The van der Waals surface area contributed by atoms with Crippen molar-refractivity contribution >= 4 is 17.7 Å². The van der Waals surface area contributed by atoms with Crippen LogP contribution in [0, 0.1) is 0 Å². The molecule has 2 heterocycles. The second-order valence-corrected chi connectivity index (χ2v) is 8.77. The van der Waals surface area contributed by atoms with E-state index in [0.717, 1.165) is 36.8 Å². The fraction of sp³-hybridized carbons (Fsp3) is 0.800. The first-order chi connectivity index (χ1) is 13.2. The Hall–Kier alpha value is -1.21. The summed E-state index contributed by atoms with van der Waals surface area (Å²) >= 11 is 2.09. The van der Waals surface area contributed by atoms with E-state index in [1.165, 1.54) is 55.8 Å². The summed E-state index contributed by atoms with van der Waals surface area (Å²) in [6.07, 6.45) is 7.05. The predicted octanol–water partition coefficient (Wildman–Crippen LogP) is 2.83. The quantitative estimate of drug-likeness (QED) is 0.549. The van der Waals surface area contributed by atoms with E-state index < -0.39 is 0 Å². The molecule has 0 unspecified atom stereocenters. The van der Waals surface area contributed by atoms with Gasteiger partial charge in [0.2, 0.25) is 0 Å². The maximum absolute atomic E-state index is 5.48. The molecule has 2 N–H and O–H groups in total. The maximum Gasteiger partial charge on any atom is 0.191 e. The zero-order valence-corrected chi connectivity index (χ0v) is 18.0. The smallest absolute Gasteiger partial charge is 0.191 e. The van der Waals surface area contributed by atoms with Crippen molar-refractivity contribution in [1.29, 1.82) is 0 Å². The number of nitrogens with zero attached hydrogens (tertiary/aromatic N) is 3. The fourth-order valence-corrected chi connectivity index (χ4v) is 5.36. The highest BCUT2D eigenvalue weighted by Gasteiger charge is 2.39. The van der Waals surface area contributed by atoms with Gasteiger partial charge >= 0.3 is 0 Å². The van der Waals surface area contributed by atoms with E-state index in [-0.39, 0.29) is 0 Å². The molecule has 1 aliphatic heterocycles. The Bertz CT molecular complexity index is 596. The Balaban J connectivity index is 1.59. The van der Waals surface area contributed by atoms with Crippen molar-refractivity contribution in [2.75, 3.05) is 38.2 Å². The van der Waals surface area contributed by atoms with Gasteiger partial charge in [0.25, 0.3) is 0 Å². The van der Waals surface area contributed by atoms with Crippen LogP contribution < -0.4 is 10.6 Å². The van der Waals surface area contributed by atoms with Crippen molar-refractivity contribution in [2.45, 2.75) is 64.5 Å². The zero-order valence-electron chi connectivity index (χ0n) is 17.1. The third-order valence-electron chi connectivity index (χ3n) is 6.06. The van der Waals surface area contributed by atoms with Gasteiger partial charge in [-0.05, 0) is 19.3 Å². The Labute approximate surface area is 167 Å². The van der Waals surface area contributed by atoms with Crippen LogP contribution in [0.2, 0.25) is 0 Å². The van der Waals surface area contributed by atoms with Crippen LogP contribution in [0.15, 0.2) is 9.52 Å². The number of aromatic nitrogens is 1. The first kappa shape index (κ1) is 20.5. The molecular formula is C20H35N5OS. The van der Waals surface area contributed by atoms with Crippen molar-refractivity contribution in [1.82, 2.24) is 20.7 Å². The van der Waals surface area contributed by atoms with Crippen LogP contribution in [-0.2, 0) is 19.4 Å². The third kappa shape index (κ3) is 4.80. The molecule has 0 radical (unpaired) electrons. The monoisotopic (exact) mass is 393 g/mol. The van der Waals surface area contributed by atoms with Crippen LogP contribution in [0.25, 0.3) is 0 Å². The summed E-state index contributed by atoms with van der Waals surface area (Å²) in [4.78, 5) is 7.19. The minimum absolute atomic E-state index is 0.305. The van der Waals surface area contributed by atoms with Gasteiger partial charge in [0.1, 0.15) is 5.76 Å². The molecule has 1 saturated carbocycles. The molecule has 2 aliphatic rings. The van der Waals surface area contributed by atoms with Crippen molar-refractivity contribution in [3.8, 4) is 0 Å². The van der Waals surface area contributed by atoms with E-state index in [1.807, 2.05) is 7.05 Å². The molecule has 1 saturated heterocycles. The van der Waals surface area contributed by atoms with Crippen LogP contribution >= 0.6 is 11.8 Å². The highest BCUT2D eigenvalue weighted by Crippen LogP contribution is 2.36. The summed E-state index contributed by atoms with van der Waals surface area (Å²) in [6, 6.07) is 0. The molecule has 3 rings (SSSR count). The van der Waals surface area contributed by atoms with Gasteiger partial charge in [-0.2, -0.15) is 11.8 Å². The van der Waals surface area contributed by atoms with E-state index in [9.17, 15) is 0 Å². The van der Waals surface area contributed by atoms with Crippen LogP contribution in [0.5, 0.6) is 0 Å². The summed E-state index contributed by atoms with van der Waals surface area (Å²) < 4.78 is 5.48. The third-order valence-corrected chi connectivity index (χ3v) is 7.01. The maximum atomic E-state index is 5.48. The van der Waals surface area contributed by atoms with Gasteiger partial charge in [0, 0.05) is 62.3 Å². The van der Waals surface area contributed by atoms with Gasteiger partial charge in [-0.3, -0.25) is 9.89 Å². The van der Waals surface area contributed by atoms with E-state index in [1.54, 1.807) is 0 Å². The summed E-state index contributed by atoms with van der Waals surface area (Å²) in [5.74, 6) is 4.38. The van der Waals surface area contributed by atoms with E-state index in [4.69, 9.17) is 4.52 Å². The van der Waals surface area contributed by atoms with Gasteiger partial charge < -0.3 is 15.2 Å². The van der Waals surface area contributed by atoms with Gasteiger partial charge in [0.05, 0.1) is 5.69 Å². The number of guanidine groups is 1. The van der Waals surface area contributed by atoms with Crippen molar-refractivity contribution in [2.24, 2.45) is 4.99 Å². The molecule has 2 fully saturated rings. The number of hydrogen-bond donors (Lipinski definition) is 2. The standard InChI is InChI=1S/C20H35N5OS/c1-4-17-16(18(5-2)26-24-17)14-22-19(21-3)23-15-20(8-6-7-9-20)25-10-12-27-13-11-25/h4-15H2,1-3H3,(H2,21,22,23). The van der Waals surface area contributed by atoms with E-state index in [2.05, 4.69) is 51.3 Å². The highest BCUT2D eigenvalue weighted by atomic mass is 32.2. The summed E-state index contributed by atoms with van der Waals surface area (Å²) in [7, 11) is 1.85. The Morgan fingerprint density at radius 1 is 1.19 bits per heavy atom. The van der Waals surface area contributed by atoms with E-state index in [0.29, 0.717) is 12.1 Å². The molecule has 1 aliphatic carbocycles. The van der Waals surface area contributed by atoms with Crippen LogP contribution in [0.1, 0.15) is 56.5 Å². The Morgan fingerprint density at radius 2 is 1.93 bits per heavy atom. The Kier molecular flexibility index (Phi) is 7.47. The summed E-state index contributed by atoms with van der Waals surface area (Å²) in [5, 5.41) is 11.3. The molecule has 0 atom stereocenters. The molecule has 27 heavy (non-hydrogen) atoms. The van der Waals surface area contributed by atoms with Gasteiger partial charge in [0.15, 0.2) is 5.96 Å². The number of rotatable bonds is 7. The van der Waals surface area contributed by atoms with Crippen molar-refractivity contribution in [3.05, 3.63) is 17.0 Å². The molecular weight excluding hydrogens is 358 g/mol. The largest absolute Gasteiger partial charge is 0.361 e. The first-order valence-corrected chi connectivity index (χ1v) is 11.6. The summed E-state index contributed by atoms with van der Waals surface area (Å²) in [6.45, 7) is 8.36. The minimum Gasteiger partial charge on any atom is -0.361 e. The number of nitrogens with one attached hydrogen (secondary N) is 2. The topological polar surface area (TPSA) is 65.7 Å². The van der Waals surface area contributed by atoms with Gasteiger partial charge in [-0.1, -0.05) is 31.8 Å². The SMILES string of the molecule is CCc1noc(CC)c1CNC(=NC)NCC1(N2CCSCC2)CCCC1. The number of aryl methyl sites for hydroxylation is 2. The van der Waals surface area contributed by atoms with Gasteiger partial charge in [-0.25, -0.2) is 0 Å². The molecule has 0 spiro atoms. The molecule has 0 bridgehead atoms. The lowest BCUT2D eigenvalue weighted by molar-refractivity contribution is 0.107. The molecule has 1 aromatic heterocycles. The average Bonchev–Trinajstić information content (AvgIpc) is 3.36.